The number of benzene rings is 1. The number of ether oxygens (including phenoxy) is 1. The number of nitrogens with zero attached hydrogens (tertiary/aromatic N) is 1. The number of hydrogen-bond acceptors (Lipinski definition) is 5. The summed E-state index contributed by atoms with van der Waals surface area (Å²) in [6.07, 6.45) is 5.09. The fourth-order valence-electron chi connectivity index (χ4n) is 6.22. The predicted octanol–water partition coefficient (Wildman–Crippen LogP) is 3.12. The van der Waals surface area contributed by atoms with Crippen molar-refractivity contribution in [3.8, 4) is 0 Å². The first-order valence-corrected chi connectivity index (χ1v) is 13.1. The van der Waals surface area contributed by atoms with Gasteiger partial charge in [-0.3, -0.25) is 14.4 Å². The average Bonchev–Trinajstić information content (AvgIpc) is 3.39. The van der Waals surface area contributed by atoms with Crippen LogP contribution in [0, 0.1) is 11.8 Å². The highest BCUT2D eigenvalue weighted by atomic mass is 35.5. The van der Waals surface area contributed by atoms with Gasteiger partial charge in [-0.15, -0.1) is 0 Å². The van der Waals surface area contributed by atoms with Crippen molar-refractivity contribution in [3.63, 3.8) is 0 Å². The van der Waals surface area contributed by atoms with Gasteiger partial charge in [-0.25, -0.2) is 0 Å². The van der Waals surface area contributed by atoms with Crippen LogP contribution in [0.4, 0.5) is 5.69 Å². The predicted molar refractivity (Wildman–Crippen MR) is 133 cm³/mol. The number of amides is 3. The van der Waals surface area contributed by atoms with Gasteiger partial charge in [0.1, 0.15) is 11.6 Å². The Labute approximate surface area is 211 Å². The monoisotopic (exact) mass is 505 g/mol. The Morgan fingerprint density at radius 3 is 2.54 bits per heavy atom. The normalized spacial score (nSPS) is 31.0. The number of nitrogens with one attached hydrogen (secondary N) is 2. The van der Waals surface area contributed by atoms with Crippen LogP contribution in [0.15, 0.2) is 24.3 Å². The van der Waals surface area contributed by atoms with Crippen molar-refractivity contribution in [1.29, 1.82) is 0 Å². The van der Waals surface area contributed by atoms with Gasteiger partial charge >= 0.3 is 0 Å². The molecule has 8 nitrogen and oxygen atoms in total. The second-order valence-electron chi connectivity index (χ2n) is 10.2. The van der Waals surface area contributed by atoms with E-state index in [4.69, 9.17) is 21.4 Å². The van der Waals surface area contributed by atoms with E-state index in [-0.39, 0.29) is 24.3 Å². The fraction of sp³-hybridized carbons (Fsp3) is 0.654. The number of anilines is 1. The third-order valence-electron chi connectivity index (χ3n) is 7.78. The molecule has 2 unspecified atom stereocenters. The molecule has 9 heteroatoms. The van der Waals surface area contributed by atoms with Crippen molar-refractivity contribution >= 4 is 35.0 Å². The molecule has 4 rings (SSSR count). The van der Waals surface area contributed by atoms with Crippen molar-refractivity contribution in [2.45, 2.75) is 76.0 Å². The maximum Gasteiger partial charge on any atom is 0.250 e. The first-order chi connectivity index (χ1) is 16.8. The lowest BCUT2D eigenvalue weighted by Gasteiger charge is -2.33. The first kappa shape index (κ1) is 25.9. The third kappa shape index (κ3) is 4.68. The summed E-state index contributed by atoms with van der Waals surface area (Å²) in [5.74, 6) is -1.96. The lowest BCUT2D eigenvalue weighted by molar-refractivity contribution is -0.144. The van der Waals surface area contributed by atoms with Crippen molar-refractivity contribution in [1.82, 2.24) is 10.2 Å². The molecule has 35 heavy (non-hydrogen) atoms. The molecular formula is C26H36ClN3O5. The number of hydrogen-bond donors (Lipinski definition) is 3. The fourth-order valence-corrected chi connectivity index (χ4v) is 6.34. The molecule has 0 aromatic heterocycles. The smallest absolute Gasteiger partial charge is 0.250 e. The summed E-state index contributed by atoms with van der Waals surface area (Å²) in [6.45, 7) is 4.97. The molecule has 3 aliphatic rings. The lowest BCUT2D eigenvalue weighted by atomic mass is 9.66. The average molecular weight is 506 g/mol. The lowest BCUT2D eigenvalue weighted by Crippen LogP contribution is -2.53. The van der Waals surface area contributed by atoms with Gasteiger partial charge in [0.05, 0.1) is 17.4 Å². The summed E-state index contributed by atoms with van der Waals surface area (Å²) in [5.41, 5.74) is -1.21. The molecule has 3 N–H and O–H groups in total. The second-order valence-corrected chi connectivity index (χ2v) is 10.6. The number of aliphatic hydroxyl groups is 1. The zero-order valence-electron chi connectivity index (χ0n) is 20.5. The summed E-state index contributed by atoms with van der Waals surface area (Å²) in [6, 6.07) is 6.02. The molecule has 0 aliphatic carbocycles. The Balaban J connectivity index is 1.63. The Hall–Kier alpha value is -2.16. The first-order valence-electron chi connectivity index (χ1n) is 12.7. The molecule has 3 amide bonds. The van der Waals surface area contributed by atoms with Crippen LogP contribution >= 0.6 is 11.6 Å². The van der Waals surface area contributed by atoms with Crippen LogP contribution in [-0.4, -0.2) is 64.7 Å². The van der Waals surface area contributed by atoms with Gasteiger partial charge in [0.15, 0.2) is 0 Å². The number of halogens is 1. The minimum Gasteiger partial charge on any atom is -0.396 e. The summed E-state index contributed by atoms with van der Waals surface area (Å²) < 4.78 is 6.58. The number of carbonyl (C=O) groups excluding carboxylic acids is 3. The van der Waals surface area contributed by atoms with E-state index in [1.807, 2.05) is 13.8 Å². The van der Waals surface area contributed by atoms with E-state index in [0.29, 0.717) is 49.5 Å². The maximum absolute atomic E-state index is 13.9. The molecule has 3 saturated heterocycles. The van der Waals surface area contributed by atoms with Gasteiger partial charge in [0.2, 0.25) is 17.7 Å². The summed E-state index contributed by atoms with van der Waals surface area (Å²) in [5, 5.41) is 15.5. The highest BCUT2D eigenvalue weighted by Gasteiger charge is 2.77. The standard InChI is InChI=1S/C26H36ClN3O5/c1-3-14-28-22(32)19-20-24(34)30(15-6-4-5-7-16-31)21(26(20)13-12-25(19,2)35-26)23(33)29-18-10-8-17(27)9-11-18/h8-11,19-21,31H,3-7,12-16H2,1-2H3,(H,28,32)(H,29,33)/t19-,20+,21?,25+,26?/m1/s1. The molecule has 0 radical (unpaired) electrons. The SMILES string of the molecule is CCCNC(=O)[C@H]1[C@H]2C(=O)N(CCCCCCO)C(C(=O)Nc3ccc(Cl)cc3)C23CC[C@]1(C)O3. The summed E-state index contributed by atoms with van der Waals surface area (Å²) in [4.78, 5) is 42.4. The van der Waals surface area contributed by atoms with Gasteiger partial charge in [0, 0.05) is 30.4 Å². The van der Waals surface area contributed by atoms with Gasteiger partial charge in [-0.05, 0) is 63.3 Å². The van der Waals surface area contributed by atoms with Crippen LogP contribution in [0.1, 0.15) is 58.8 Å². The van der Waals surface area contributed by atoms with Crippen molar-refractivity contribution in [2.75, 3.05) is 25.0 Å². The van der Waals surface area contributed by atoms with E-state index in [9.17, 15) is 14.4 Å². The summed E-state index contributed by atoms with van der Waals surface area (Å²) in [7, 11) is 0. The van der Waals surface area contributed by atoms with Crippen LogP contribution in [0.5, 0.6) is 0 Å². The number of rotatable bonds is 11. The van der Waals surface area contributed by atoms with E-state index in [0.717, 1.165) is 19.3 Å². The molecule has 5 atom stereocenters. The Bertz CT molecular complexity index is 957. The zero-order valence-corrected chi connectivity index (χ0v) is 21.3. The van der Waals surface area contributed by atoms with Crippen LogP contribution < -0.4 is 10.6 Å². The van der Waals surface area contributed by atoms with Gasteiger partial charge < -0.3 is 25.4 Å². The quantitative estimate of drug-likeness (QED) is 0.400. The van der Waals surface area contributed by atoms with Gasteiger partial charge in [0.25, 0.3) is 0 Å². The highest BCUT2D eigenvalue weighted by Crippen LogP contribution is 2.63. The Morgan fingerprint density at radius 2 is 1.86 bits per heavy atom. The molecule has 1 aromatic rings. The number of aliphatic hydroxyl groups excluding tert-OH is 1. The molecule has 1 aromatic carbocycles. The van der Waals surface area contributed by atoms with E-state index in [1.54, 1.807) is 29.2 Å². The maximum atomic E-state index is 13.9. The van der Waals surface area contributed by atoms with Crippen LogP contribution in [0.3, 0.4) is 0 Å². The molecule has 3 aliphatic heterocycles. The minimum atomic E-state index is -1.03. The van der Waals surface area contributed by atoms with Crippen molar-refractivity contribution in [3.05, 3.63) is 29.3 Å². The number of unbranched alkanes of at least 4 members (excludes halogenated alkanes) is 3. The van der Waals surface area contributed by atoms with E-state index < -0.39 is 29.1 Å². The van der Waals surface area contributed by atoms with E-state index >= 15 is 0 Å². The molecular weight excluding hydrogens is 470 g/mol. The number of fused-ring (bicyclic) bond motifs is 1. The van der Waals surface area contributed by atoms with Crippen molar-refractivity contribution in [2.24, 2.45) is 11.8 Å². The zero-order chi connectivity index (χ0) is 25.2. The Morgan fingerprint density at radius 1 is 1.14 bits per heavy atom. The molecule has 3 heterocycles. The van der Waals surface area contributed by atoms with Crippen LogP contribution in [0.25, 0.3) is 0 Å². The number of carbonyl (C=O) groups is 3. The van der Waals surface area contributed by atoms with Gasteiger partial charge in [-0.2, -0.15) is 0 Å². The van der Waals surface area contributed by atoms with Crippen LogP contribution in [0.2, 0.25) is 5.02 Å². The van der Waals surface area contributed by atoms with Crippen LogP contribution in [-0.2, 0) is 19.1 Å². The largest absolute Gasteiger partial charge is 0.396 e. The van der Waals surface area contributed by atoms with E-state index in [2.05, 4.69) is 10.6 Å². The third-order valence-corrected chi connectivity index (χ3v) is 8.03. The highest BCUT2D eigenvalue weighted by molar-refractivity contribution is 6.30. The van der Waals surface area contributed by atoms with Crippen molar-refractivity contribution < 1.29 is 24.2 Å². The molecule has 3 fully saturated rings. The molecule has 192 valence electrons. The minimum absolute atomic E-state index is 0.140. The Kier molecular flexibility index (Phi) is 7.74. The second kappa shape index (κ2) is 10.4. The van der Waals surface area contributed by atoms with Gasteiger partial charge in [-0.1, -0.05) is 31.4 Å². The number of likely N-dealkylation sites (tertiary alicyclic amines) is 1. The molecule has 0 saturated carbocycles. The summed E-state index contributed by atoms with van der Waals surface area (Å²) >= 11 is 5.99. The molecule has 1 spiro atoms. The van der Waals surface area contributed by atoms with E-state index in [1.165, 1.54) is 0 Å². The topological polar surface area (TPSA) is 108 Å². The molecule has 2 bridgehead atoms.